The fourth-order valence-electron chi connectivity index (χ4n) is 2.34. The number of ether oxygens (including phenoxy) is 1. The van der Waals surface area contributed by atoms with E-state index in [2.05, 4.69) is 10.6 Å². The Labute approximate surface area is 130 Å². The largest absolute Gasteiger partial charge is 0.484 e. The van der Waals surface area contributed by atoms with Gasteiger partial charge in [-0.15, -0.1) is 0 Å². The Balaban J connectivity index is 1.74. The van der Waals surface area contributed by atoms with E-state index in [0.29, 0.717) is 18.7 Å². The summed E-state index contributed by atoms with van der Waals surface area (Å²) in [5.74, 6) is 0.658. The molecule has 1 aromatic carbocycles. The summed E-state index contributed by atoms with van der Waals surface area (Å²) >= 11 is 0. The number of carbonyl (C=O) groups is 2. The third-order valence-corrected chi connectivity index (χ3v) is 3.52. The van der Waals surface area contributed by atoms with Crippen molar-refractivity contribution < 1.29 is 14.3 Å². The highest BCUT2D eigenvalue weighted by Gasteiger charge is 2.21. The third-order valence-electron chi connectivity index (χ3n) is 3.52. The van der Waals surface area contributed by atoms with Crippen molar-refractivity contribution >= 4 is 17.5 Å². The molecule has 1 heterocycles. The smallest absolute Gasteiger partial charge is 0.257 e. The predicted molar refractivity (Wildman–Crippen MR) is 85.1 cm³/mol. The average molecular weight is 305 g/mol. The third kappa shape index (κ3) is 4.73. The molecule has 0 atom stereocenters. The lowest BCUT2D eigenvalue weighted by molar-refractivity contribution is -0.123. The van der Waals surface area contributed by atoms with Gasteiger partial charge in [-0.25, -0.2) is 0 Å². The highest BCUT2D eigenvalue weighted by atomic mass is 16.5. The van der Waals surface area contributed by atoms with Crippen molar-refractivity contribution in [2.24, 2.45) is 0 Å². The zero-order valence-electron chi connectivity index (χ0n) is 12.9. The summed E-state index contributed by atoms with van der Waals surface area (Å²) in [6.45, 7) is 2.28. The van der Waals surface area contributed by atoms with Crippen LogP contribution in [0, 0.1) is 0 Å². The van der Waals surface area contributed by atoms with Gasteiger partial charge >= 0.3 is 0 Å². The molecule has 0 saturated carbocycles. The van der Waals surface area contributed by atoms with Gasteiger partial charge in [0.25, 0.3) is 5.91 Å². The monoisotopic (exact) mass is 305 g/mol. The number of hydrogen-bond acceptors (Lipinski definition) is 4. The average Bonchev–Trinajstić information content (AvgIpc) is 2.96. The van der Waals surface area contributed by atoms with Crippen LogP contribution in [0.15, 0.2) is 24.3 Å². The van der Waals surface area contributed by atoms with E-state index >= 15 is 0 Å². The van der Waals surface area contributed by atoms with Gasteiger partial charge in [0.15, 0.2) is 6.61 Å². The first-order valence-electron chi connectivity index (χ1n) is 7.65. The fraction of sp³-hybridized carbons (Fsp3) is 0.500. The molecule has 0 spiro atoms. The topological polar surface area (TPSA) is 70.7 Å². The van der Waals surface area contributed by atoms with Crippen LogP contribution in [0.25, 0.3) is 0 Å². The summed E-state index contributed by atoms with van der Waals surface area (Å²) in [4.78, 5) is 25.0. The van der Waals surface area contributed by atoms with E-state index in [9.17, 15) is 9.59 Å². The maximum atomic E-state index is 11.7. The number of amides is 2. The number of anilines is 1. The van der Waals surface area contributed by atoms with Gasteiger partial charge in [-0.05, 0) is 50.7 Å². The molecular formula is C16H23N3O3. The van der Waals surface area contributed by atoms with Crippen molar-refractivity contribution in [3.05, 3.63) is 24.3 Å². The molecule has 1 saturated heterocycles. The van der Waals surface area contributed by atoms with Gasteiger partial charge in [-0.1, -0.05) is 0 Å². The van der Waals surface area contributed by atoms with Crippen LogP contribution in [-0.4, -0.2) is 45.1 Å². The van der Waals surface area contributed by atoms with Crippen LogP contribution >= 0.6 is 0 Å². The Hall–Kier alpha value is -2.08. The molecule has 1 aromatic rings. The highest BCUT2D eigenvalue weighted by molar-refractivity contribution is 5.95. The Morgan fingerprint density at radius 3 is 2.68 bits per heavy atom. The molecular weight excluding hydrogens is 282 g/mol. The molecule has 2 rings (SSSR count). The van der Waals surface area contributed by atoms with E-state index in [1.807, 2.05) is 19.2 Å². The summed E-state index contributed by atoms with van der Waals surface area (Å²) in [7, 11) is 1.88. The minimum atomic E-state index is -0.130. The molecule has 0 radical (unpaired) electrons. The Kier molecular flexibility index (Phi) is 6.21. The molecule has 0 aliphatic carbocycles. The van der Waals surface area contributed by atoms with Crippen molar-refractivity contribution in [1.29, 1.82) is 0 Å². The molecule has 22 heavy (non-hydrogen) atoms. The second kappa shape index (κ2) is 8.38. The molecule has 2 amide bonds. The first-order valence-corrected chi connectivity index (χ1v) is 7.65. The minimum absolute atomic E-state index is 0.00153. The van der Waals surface area contributed by atoms with Crippen LogP contribution in [0.5, 0.6) is 5.75 Å². The van der Waals surface area contributed by atoms with Crippen LogP contribution in [0.2, 0.25) is 0 Å². The number of nitrogens with one attached hydrogen (secondary N) is 2. The van der Waals surface area contributed by atoms with Gasteiger partial charge in [0.2, 0.25) is 5.91 Å². The van der Waals surface area contributed by atoms with Gasteiger partial charge in [0.05, 0.1) is 0 Å². The maximum absolute atomic E-state index is 11.7. The van der Waals surface area contributed by atoms with E-state index in [1.165, 1.54) is 0 Å². The van der Waals surface area contributed by atoms with Gasteiger partial charge in [0.1, 0.15) is 5.75 Å². The number of nitrogens with zero attached hydrogens (tertiary/aromatic N) is 1. The van der Waals surface area contributed by atoms with Crippen molar-refractivity contribution in [2.75, 3.05) is 38.2 Å². The maximum Gasteiger partial charge on any atom is 0.257 e. The van der Waals surface area contributed by atoms with Crippen molar-refractivity contribution in [3.8, 4) is 5.75 Å². The van der Waals surface area contributed by atoms with Gasteiger partial charge in [0, 0.05) is 25.2 Å². The van der Waals surface area contributed by atoms with E-state index in [0.717, 1.165) is 31.6 Å². The summed E-state index contributed by atoms with van der Waals surface area (Å²) < 4.78 is 5.44. The summed E-state index contributed by atoms with van der Waals surface area (Å²) in [5.41, 5.74) is 0.881. The SMILES string of the molecule is CNCCCNC(=O)COc1ccc(N2CCCC2=O)cc1. The molecule has 1 aliphatic rings. The van der Waals surface area contributed by atoms with E-state index in [4.69, 9.17) is 4.74 Å². The lowest BCUT2D eigenvalue weighted by Crippen LogP contribution is -2.31. The normalized spacial score (nSPS) is 14.2. The molecule has 1 fully saturated rings. The van der Waals surface area contributed by atoms with Crippen molar-refractivity contribution in [2.45, 2.75) is 19.3 Å². The Bertz CT molecular complexity index is 502. The molecule has 120 valence electrons. The molecule has 0 bridgehead atoms. The van der Waals surface area contributed by atoms with Crippen LogP contribution in [-0.2, 0) is 9.59 Å². The fourth-order valence-corrected chi connectivity index (χ4v) is 2.34. The first-order chi connectivity index (χ1) is 10.7. The molecule has 6 heteroatoms. The standard InChI is InChI=1S/C16H23N3O3/c1-17-9-3-10-18-15(20)12-22-14-7-5-13(6-8-14)19-11-2-4-16(19)21/h5-8,17H,2-4,9-12H2,1H3,(H,18,20). The molecule has 0 unspecified atom stereocenters. The predicted octanol–water partition coefficient (Wildman–Crippen LogP) is 0.918. The molecule has 0 aromatic heterocycles. The number of carbonyl (C=O) groups excluding carboxylic acids is 2. The van der Waals surface area contributed by atoms with Crippen molar-refractivity contribution in [3.63, 3.8) is 0 Å². The summed E-state index contributed by atoms with van der Waals surface area (Å²) in [6, 6.07) is 7.27. The zero-order valence-corrected chi connectivity index (χ0v) is 12.9. The first kappa shape index (κ1) is 16.3. The quantitative estimate of drug-likeness (QED) is 0.701. The summed E-state index contributed by atoms with van der Waals surface area (Å²) in [6.07, 6.45) is 2.41. The van der Waals surface area contributed by atoms with Crippen LogP contribution in [0.4, 0.5) is 5.69 Å². The molecule has 2 N–H and O–H groups in total. The Morgan fingerprint density at radius 2 is 2.05 bits per heavy atom. The van der Waals surface area contributed by atoms with Crippen LogP contribution in [0.3, 0.4) is 0 Å². The molecule has 6 nitrogen and oxygen atoms in total. The number of hydrogen-bond donors (Lipinski definition) is 2. The second-order valence-corrected chi connectivity index (χ2v) is 5.24. The van der Waals surface area contributed by atoms with Gasteiger partial charge in [-0.2, -0.15) is 0 Å². The minimum Gasteiger partial charge on any atom is -0.484 e. The van der Waals surface area contributed by atoms with Gasteiger partial charge in [-0.3, -0.25) is 9.59 Å². The lowest BCUT2D eigenvalue weighted by Gasteiger charge is -2.16. The van der Waals surface area contributed by atoms with E-state index < -0.39 is 0 Å². The van der Waals surface area contributed by atoms with E-state index in [1.54, 1.807) is 17.0 Å². The highest BCUT2D eigenvalue weighted by Crippen LogP contribution is 2.23. The molecule has 1 aliphatic heterocycles. The number of benzene rings is 1. The van der Waals surface area contributed by atoms with Crippen molar-refractivity contribution in [1.82, 2.24) is 10.6 Å². The van der Waals surface area contributed by atoms with Gasteiger partial charge < -0.3 is 20.3 Å². The second-order valence-electron chi connectivity index (χ2n) is 5.24. The number of rotatable bonds is 8. The zero-order chi connectivity index (χ0) is 15.8. The lowest BCUT2D eigenvalue weighted by atomic mass is 10.3. The van der Waals surface area contributed by atoms with Crippen LogP contribution < -0.4 is 20.3 Å². The van der Waals surface area contributed by atoms with Crippen LogP contribution in [0.1, 0.15) is 19.3 Å². The van der Waals surface area contributed by atoms with E-state index in [-0.39, 0.29) is 18.4 Å². The summed E-state index contributed by atoms with van der Waals surface area (Å²) in [5, 5.41) is 5.81. The Morgan fingerprint density at radius 1 is 1.27 bits per heavy atom.